The van der Waals surface area contributed by atoms with E-state index in [-0.39, 0.29) is 20.1 Å². The van der Waals surface area contributed by atoms with Crippen LogP contribution in [0.5, 0.6) is 0 Å². The van der Waals surface area contributed by atoms with Crippen LogP contribution in [0.4, 0.5) is 0 Å². The predicted octanol–water partition coefficient (Wildman–Crippen LogP) is 15.1. The molecule has 0 aliphatic heterocycles. The second-order valence-corrected chi connectivity index (χ2v) is 21.8. The Balaban J connectivity index is 0.000000196. The van der Waals surface area contributed by atoms with Gasteiger partial charge in [0.25, 0.3) is 0 Å². The second kappa shape index (κ2) is 18.9. The molecule has 307 valence electrons. The number of hydrogen-bond acceptors (Lipinski definition) is 3. The van der Waals surface area contributed by atoms with Gasteiger partial charge in [-0.25, -0.2) is 0 Å². The number of furan rings is 1. The Labute approximate surface area is 376 Å². The van der Waals surface area contributed by atoms with Gasteiger partial charge < -0.3 is 14.4 Å². The number of benzene rings is 6. The largest absolute Gasteiger partial charge is 0.500 e. The molecule has 0 saturated carbocycles. The number of aromatic nitrogens is 2. The van der Waals surface area contributed by atoms with Gasteiger partial charge in [0.15, 0.2) is 0 Å². The Morgan fingerprint density at radius 2 is 1.16 bits per heavy atom. The first-order valence-electron chi connectivity index (χ1n) is 21.2. The zero-order chi connectivity index (χ0) is 41.8. The summed E-state index contributed by atoms with van der Waals surface area (Å²) < 4.78 is 6.41. The molecule has 5 heteroatoms. The molecule has 0 saturated heterocycles. The molecule has 0 N–H and O–H groups in total. The summed E-state index contributed by atoms with van der Waals surface area (Å²) in [6.07, 6.45) is 6.25. The Kier molecular flexibility index (Phi) is 13.4. The first-order valence-corrected chi connectivity index (χ1v) is 24.7. The van der Waals surface area contributed by atoms with Gasteiger partial charge in [-0.2, -0.15) is 0 Å². The number of hydrogen-bond donors (Lipinski definition) is 0. The summed E-state index contributed by atoms with van der Waals surface area (Å²) in [5.41, 5.74) is 16.8. The van der Waals surface area contributed by atoms with Gasteiger partial charge in [-0.05, 0) is 88.3 Å². The molecule has 61 heavy (non-hydrogen) atoms. The van der Waals surface area contributed by atoms with E-state index in [1.807, 2.05) is 18.3 Å². The minimum Gasteiger partial charge on any atom is -0.500 e. The van der Waals surface area contributed by atoms with Gasteiger partial charge in [0.2, 0.25) is 0 Å². The van der Waals surface area contributed by atoms with Gasteiger partial charge in [0, 0.05) is 37.9 Å². The number of fused-ring (bicyclic) bond motifs is 3. The molecule has 0 spiro atoms. The molecule has 0 atom stereocenters. The quantitative estimate of drug-likeness (QED) is 0.107. The summed E-state index contributed by atoms with van der Waals surface area (Å²) in [6.45, 7) is 15.9. The SMILES string of the molecule is CCC(CC)c1ccnc(-c2[c-]cc3oc4cc(-c5ccccc5)cc(-c5ccccc5)c4c3c2)c1.Cc1c[c-]c(-c2cc(C)c([Si](C)(C)C)cn2)cc1-c1ccccc1.[Ir]. The molecule has 6 aromatic carbocycles. The van der Waals surface area contributed by atoms with Crippen molar-refractivity contribution >= 4 is 35.2 Å². The fourth-order valence-corrected chi connectivity index (χ4v) is 10.1. The Hall–Kier alpha value is -5.71. The van der Waals surface area contributed by atoms with Crippen LogP contribution in [0, 0.1) is 26.0 Å². The molecule has 1 radical (unpaired) electrons. The summed E-state index contributed by atoms with van der Waals surface area (Å²) in [7, 11) is -1.35. The smallest absolute Gasteiger partial charge is 0.122 e. The van der Waals surface area contributed by atoms with Crippen molar-refractivity contribution < 1.29 is 24.5 Å². The number of rotatable bonds is 9. The molecular formula is C56H52IrN2OSi-2. The third-order valence-electron chi connectivity index (χ3n) is 11.7. The van der Waals surface area contributed by atoms with Crippen LogP contribution >= 0.6 is 0 Å². The maximum atomic E-state index is 6.41. The Morgan fingerprint density at radius 3 is 1.79 bits per heavy atom. The third kappa shape index (κ3) is 9.45. The van der Waals surface area contributed by atoms with Crippen molar-refractivity contribution in [3.8, 4) is 55.9 Å². The van der Waals surface area contributed by atoms with Gasteiger partial charge in [-0.1, -0.05) is 166 Å². The average Bonchev–Trinajstić information content (AvgIpc) is 3.65. The van der Waals surface area contributed by atoms with Gasteiger partial charge in [-0.3, -0.25) is 0 Å². The van der Waals surface area contributed by atoms with Crippen molar-refractivity contribution in [1.82, 2.24) is 9.97 Å². The number of pyridine rings is 2. The van der Waals surface area contributed by atoms with E-state index in [1.165, 1.54) is 49.7 Å². The van der Waals surface area contributed by atoms with Crippen LogP contribution in [0.2, 0.25) is 19.6 Å². The van der Waals surface area contributed by atoms with Gasteiger partial charge >= 0.3 is 0 Å². The first-order chi connectivity index (χ1) is 29.1. The molecule has 3 aromatic heterocycles. The average molecular weight is 989 g/mol. The van der Waals surface area contributed by atoms with Crippen molar-refractivity contribution in [2.24, 2.45) is 0 Å². The van der Waals surface area contributed by atoms with Crippen LogP contribution in [0.1, 0.15) is 49.3 Å². The molecule has 0 aliphatic rings. The summed E-state index contributed by atoms with van der Waals surface area (Å²) in [4.78, 5) is 9.45. The number of aryl methyl sites for hydroxylation is 2. The molecule has 0 amide bonds. The number of nitrogens with zero attached hydrogens (tertiary/aromatic N) is 2. The molecule has 0 bridgehead atoms. The van der Waals surface area contributed by atoms with Crippen LogP contribution in [0.15, 0.2) is 162 Å². The Bertz CT molecular complexity index is 2900. The molecule has 3 nitrogen and oxygen atoms in total. The summed E-state index contributed by atoms with van der Waals surface area (Å²) in [5.74, 6) is 0.548. The van der Waals surface area contributed by atoms with Crippen LogP contribution in [-0.2, 0) is 20.1 Å². The van der Waals surface area contributed by atoms with Crippen LogP contribution in [-0.4, -0.2) is 18.0 Å². The molecular weight excluding hydrogens is 937 g/mol. The van der Waals surface area contributed by atoms with Gasteiger partial charge in [0.1, 0.15) is 5.58 Å². The van der Waals surface area contributed by atoms with E-state index >= 15 is 0 Å². The molecule has 9 aromatic rings. The van der Waals surface area contributed by atoms with Gasteiger partial charge in [0.05, 0.1) is 13.7 Å². The minimum atomic E-state index is -1.35. The molecule has 0 unspecified atom stereocenters. The van der Waals surface area contributed by atoms with Crippen LogP contribution in [0.3, 0.4) is 0 Å². The standard InChI is InChI=1S/C34H28NO.C22H24NSi.Ir/c1-3-23(4-2)26-17-18-35-31(21-26)27-15-16-32-30(19-27)34-29(25-13-9-6-10-14-25)20-28(22-33(34)36-32)24-11-7-5-8-12-24;1-16-11-12-19(14-20(16)18-9-7-6-8-10-18)21-13-17(2)22(15-23-21)24(3,4)5;/h5-14,16-23H,3-4H2,1-2H3;6-11,13-15H,1-5H3;/q2*-1;. The van der Waals surface area contributed by atoms with E-state index in [0.717, 1.165) is 62.9 Å². The zero-order valence-corrected chi connectivity index (χ0v) is 39.5. The maximum Gasteiger partial charge on any atom is 0.122 e. The topological polar surface area (TPSA) is 38.9 Å². The van der Waals surface area contributed by atoms with Crippen molar-refractivity contribution in [2.75, 3.05) is 0 Å². The van der Waals surface area contributed by atoms with Crippen molar-refractivity contribution in [3.05, 3.63) is 187 Å². The van der Waals surface area contributed by atoms with Crippen LogP contribution < -0.4 is 5.19 Å². The van der Waals surface area contributed by atoms with Crippen molar-refractivity contribution in [3.63, 3.8) is 0 Å². The second-order valence-electron chi connectivity index (χ2n) is 16.8. The molecule has 3 heterocycles. The summed E-state index contributed by atoms with van der Waals surface area (Å²) in [6, 6.07) is 57.8. The first kappa shape index (κ1) is 43.4. The Morgan fingerprint density at radius 1 is 0.574 bits per heavy atom. The summed E-state index contributed by atoms with van der Waals surface area (Å²) >= 11 is 0. The predicted molar refractivity (Wildman–Crippen MR) is 256 cm³/mol. The van der Waals surface area contributed by atoms with Crippen molar-refractivity contribution in [1.29, 1.82) is 0 Å². The van der Waals surface area contributed by atoms with E-state index in [0.29, 0.717) is 5.92 Å². The van der Waals surface area contributed by atoms with Crippen LogP contribution in [0.25, 0.3) is 77.8 Å². The fraction of sp³-hybridized carbons (Fsp3) is 0.179. The molecule has 0 aliphatic carbocycles. The normalized spacial score (nSPS) is 11.3. The third-order valence-corrected chi connectivity index (χ3v) is 13.8. The monoisotopic (exact) mass is 989 g/mol. The van der Waals surface area contributed by atoms with E-state index in [4.69, 9.17) is 14.4 Å². The minimum absolute atomic E-state index is 0. The van der Waals surface area contributed by atoms with E-state index < -0.39 is 8.07 Å². The molecule has 0 fully saturated rings. The maximum absolute atomic E-state index is 6.41. The van der Waals surface area contributed by atoms with Gasteiger partial charge in [-0.15, -0.1) is 53.1 Å². The van der Waals surface area contributed by atoms with E-state index in [9.17, 15) is 0 Å². The van der Waals surface area contributed by atoms with Crippen molar-refractivity contribution in [2.45, 2.75) is 66.1 Å². The fourth-order valence-electron chi connectivity index (χ4n) is 8.38. The van der Waals surface area contributed by atoms with E-state index in [1.54, 1.807) is 0 Å². The van der Waals surface area contributed by atoms with E-state index in [2.05, 4.69) is 199 Å². The summed E-state index contributed by atoms with van der Waals surface area (Å²) in [5, 5.41) is 3.65. The zero-order valence-electron chi connectivity index (χ0n) is 36.1. The molecule has 9 rings (SSSR count).